The number of carbonyl (C=O) groups excluding carboxylic acids is 1. The number of benzene rings is 3. The number of aromatic nitrogens is 2. The average molecular weight is 481 g/mol. The number of nitrogens with zero attached hydrogens (tertiary/aromatic N) is 1. The van der Waals surface area contributed by atoms with Crippen LogP contribution in [0.1, 0.15) is 15.9 Å². The minimum atomic E-state index is -0.360. The summed E-state index contributed by atoms with van der Waals surface area (Å²) in [5.74, 6) is 1.38. The molecule has 1 aromatic heterocycles. The van der Waals surface area contributed by atoms with E-state index in [-0.39, 0.29) is 11.0 Å². The first-order valence-electron chi connectivity index (χ1n) is 9.98. The van der Waals surface area contributed by atoms with Crippen molar-refractivity contribution in [2.45, 2.75) is 6.92 Å². The third-order valence-electron chi connectivity index (χ3n) is 5.05. The quantitative estimate of drug-likeness (QED) is 0.334. The Morgan fingerprint density at radius 2 is 1.76 bits per heavy atom. The maximum absolute atomic E-state index is 12.5. The monoisotopic (exact) mass is 480 g/mol. The zero-order chi connectivity index (χ0) is 23.5. The number of rotatable bonds is 5. The van der Waals surface area contributed by atoms with Crippen molar-refractivity contribution in [1.82, 2.24) is 15.3 Å². The van der Waals surface area contributed by atoms with Gasteiger partial charge in [-0.05, 0) is 79.3 Å². The van der Waals surface area contributed by atoms with Gasteiger partial charge in [0.1, 0.15) is 5.82 Å². The molecule has 1 amide bonds. The zero-order valence-electron chi connectivity index (χ0n) is 18.2. The molecule has 3 N–H and O–H groups in total. The van der Waals surface area contributed by atoms with Crippen molar-refractivity contribution in [1.29, 1.82) is 0 Å². The third kappa shape index (κ3) is 4.92. The van der Waals surface area contributed by atoms with E-state index in [1.807, 2.05) is 43.3 Å². The highest BCUT2D eigenvalue weighted by molar-refractivity contribution is 7.80. The number of H-pyrrole nitrogens is 1. The predicted molar refractivity (Wildman–Crippen MR) is 135 cm³/mol. The lowest BCUT2D eigenvalue weighted by Crippen LogP contribution is -2.34. The Hall–Kier alpha value is -3.62. The van der Waals surface area contributed by atoms with Gasteiger partial charge in [-0.1, -0.05) is 11.6 Å². The van der Waals surface area contributed by atoms with Crippen molar-refractivity contribution in [3.8, 4) is 22.9 Å². The number of imidazole rings is 1. The van der Waals surface area contributed by atoms with Gasteiger partial charge < -0.3 is 19.8 Å². The summed E-state index contributed by atoms with van der Waals surface area (Å²) in [4.78, 5) is 20.5. The van der Waals surface area contributed by atoms with Gasteiger partial charge in [-0.2, -0.15) is 0 Å². The van der Waals surface area contributed by atoms with Crippen LogP contribution in [0.3, 0.4) is 0 Å². The lowest BCUT2D eigenvalue weighted by Gasteiger charge is -2.12. The number of fused-ring (bicyclic) bond motifs is 1. The summed E-state index contributed by atoms with van der Waals surface area (Å²) in [5, 5.41) is 6.53. The van der Waals surface area contributed by atoms with E-state index in [0.29, 0.717) is 22.1 Å². The highest BCUT2D eigenvalue weighted by Crippen LogP contribution is 2.28. The fraction of sp³-hybridized carbons (Fsp3) is 0.125. The summed E-state index contributed by atoms with van der Waals surface area (Å²) >= 11 is 11.5. The van der Waals surface area contributed by atoms with Crippen LogP contribution in [0.4, 0.5) is 5.69 Å². The van der Waals surface area contributed by atoms with Crippen LogP contribution in [0.15, 0.2) is 54.6 Å². The number of ether oxygens (including phenoxy) is 2. The van der Waals surface area contributed by atoms with E-state index in [0.717, 1.165) is 33.7 Å². The van der Waals surface area contributed by atoms with Crippen LogP contribution < -0.4 is 20.1 Å². The zero-order valence-corrected chi connectivity index (χ0v) is 19.7. The van der Waals surface area contributed by atoms with Gasteiger partial charge in [0, 0.05) is 21.8 Å². The number of nitrogens with one attached hydrogen (secondary N) is 3. The van der Waals surface area contributed by atoms with E-state index >= 15 is 0 Å². The summed E-state index contributed by atoms with van der Waals surface area (Å²) in [6.07, 6.45) is 0. The number of anilines is 1. The molecule has 0 saturated heterocycles. The van der Waals surface area contributed by atoms with E-state index in [1.165, 1.54) is 14.2 Å². The van der Waals surface area contributed by atoms with Gasteiger partial charge in [0.2, 0.25) is 0 Å². The second-order valence-corrected chi connectivity index (χ2v) is 8.07. The summed E-state index contributed by atoms with van der Waals surface area (Å²) < 4.78 is 10.4. The summed E-state index contributed by atoms with van der Waals surface area (Å²) in [7, 11) is 3.05. The van der Waals surface area contributed by atoms with Crippen LogP contribution in [0.25, 0.3) is 22.4 Å². The number of methoxy groups -OCH3 is 2. The molecule has 9 heteroatoms. The Labute approximate surface area is 201 Å². The number of aromatic amines is 1. The molecule has 0 aliphatic carbocycles. The van der Waals surface area contributed by atoms with Crippen LogP contribution >= 0.6 is 23.8 Å². The predicted octanol–water partition coefficient (Wildman–Crippen LogP) is 5.34. The molecular formula is C24H21ClN4O3S. The van der Waals surface area contributed by atoms with Crippen LogP contribution in [-0.4, -0.2) is 35.2 Å². The van der Waals surface area contributed by atoms with Crippen molar-refractivity contribution in [3.63, 3.8) is 0 Å². The third-order valence-corrected chi connectivity index (χ3v) is 5.66. The largest absolute Gasteiger partial charge is 0.493 e. The van der Waals surface area contributed by atoms with Crippen molar-refractivity contribution in [2.75, 3.05) is 19.5 Å². The van der Waals surface area contributed by atoms with Gasteiger partial charge in [0.05, 0.1) is 25.3 Å². The molecule has 0 bridgehead atoms. The second kappa shape index (κ2) is 9.48. The van der Waals surface area contributed by atoms with Gasteiger partial charge in [0.25, 0.3) is 5.91 Å². The minimum absolute atomic E-state index is 0.177. The SMILES string of the molecule is COc1ccc(C(=O)NC(=S)Nc2ccc(-c3nc4cc(Cl)c(C)cc4[nH]3)cc2)cc1OC. The summed E-state index contributed by atoms with van der Waals surface area (Å²) in [5.41, 5.74) is 4.75. The standard InChI is InChI=1S/C24H21ClN4O3S/c1-13-10-18-19(12-17(13)25)28-22(27-18)14-4-7-16(8-5-14)26-24(33)29-23(30)15-6-9-20(31-2)21(11-15)32-3/h4-12H,1-3H3,(H,27,28)(H2,26,29,30,33). The molecule has 168 valence electrons. The fourth-order valence-corrected chi connectivity index (χ4v) is 3.67. The Morgan fingerprint density at radius 3 is 2.45 bits per heavy atom. The Balaban J connectivity index is 1.42. The number of thiocarbonyl (C=S) groups is 1. The molecule has 0 aliphatic heterocycles. The van der Waals surface area contributed by atoms with Crippen molar-refractivity contribution in [3.05, 3.63) is 70.7 Å². The highest BCUT2D eigenvalue weighted by Gasteiger charge is 2.13. The second-order valence-electron chi connectivity index (χ2n) is 7.26. The number of carbonyl (C=O) groups is 1. The van der Waals surface area contributed by atoms with Gasteiger partial charge >= 0.3 is 0 Å². The van der Waals surface area contributed by atoms with E-state index < -0.39 is 0 Å². The molecule has 7 nitrogen and oxygen atoms in total. The number of aryl methyl sites for hydroxylation is 1. The Kier molecular flexibility index (Phi) is 6.48. The molecule has 4 rings (SSSR count). The summed E-state index contributed by atoms with van der Waals surface area (Å²) in [6.45, 7) is 1.95. The van der Waals surface area contributed by atoms with Crippen molar-refractivity contribution in [2.24, 2.45) is 0 Å². The molecule has 0 saturated carbocycles. The number of hydrogen-bond acceptors (Lipinski definition) is 5. The van der Waals surface area contributed by atoms with E-state index in [2.05, 4.69) is 20.6 Å². The normalized spacial score (nSPS) is 10.7. The van der Waals surface area contributed by atoms with Crippen LogP contribution in [-0.2, 0) is 0 Å². The van der Waals surface area contributed by atoms with Gasteiger partial charge in [-0.25, -0.2) is 4.98 Å². The first-order valence-corrected chi connectivity index (χ1v) is 10.8. The van der Waals surface area contributed by atoms with E-state index in [9.17, 15) is 4.79 Å². The maximum atomic E-state index is 12.5. The molecule has 0 unspecified atom stereocenters. The minimum Gasteiger partial charge on any atom is -0.493 e. The van der Waals surface area contributed by atoms with Crippen LogP contribution in [0.2, 0.25) is 5.02 Å². The molecule has 3 aromatic carbocycles. The molecule has 4 aromatic rings. The van der Waals surface area contributed by atoms with Gasteiger partial charge in [-0.15, -0.1) is 0 Å². The smallest absolute Gasteiger partial charge is 0.257 e. The van der Waals surface area contributed by atoms with Crippen molar-refractivity contribution < 1.29 is 14.3 Å². The number of amides is 1. The molecule has 0 radical (unpaired) electrons. The molecule has 0 spiro atoms. The topological polar surface area (TPSA) is 88.3 Å². The first-order chi connectivity index (χ1) is 15.9. The van der Waals surface area contributed by atoms with Crippen LogP contribution in [0, 0.1) is 6.92 Å². The summed E-state index contributed by atoms with van der Waals surface area (Å²) in [6, 6.07) is 16.2. The molecule has 1 heterocycles. The Bertz CT molecular complexity index is 1310. The van der Waals surface area contributed by atoms with E-state index in [4.69, 9.17) is 33.3 Å². The highest BCUT2D eigenvalue weighted by atomic mass is 35.5. The molecular weight excluding hydrogens is 460 g/mol. The molecule has 0 atom stereocenters. The molecule has 0 fully saturated rings. The lowest BCUT2D eigenvalue weighted by atomic mass is 10.2. The average Bonchev–Trinajstić information content (AvgIpc) is 3.21. The number of hydrogen-bond donors (Lipinski definition) is 3. The molecule has 0 aliphatic rings. The van der Waals surface area contributed by atoms with Gasteiger partial charge in [-0.3, -0.25) is 10.1 Å². The first kappa shape index (κ1) is 22.6. The Morgan fingerprint density at radius 1 is 1.03 bits per heavy atom. The number of halogens is 1. The van der Waals surface area contributed by atoms with Gasteiger partial charge in [0.15, 0.2) is 16.6 Å². The fourth-order valence-electron chi connectivity index (χ4n) is 3.30. The van der Waals surface area contributed by atoms with Crippen LogP contribution in [0.5, 0.6) is 11.5 Å². The lowest BCUT2D eigenvalue weighted by molar-refractivity contribution is 0.0977. The van der Waals surface area contributed by atoms with E-state index in [1.54, 1.807) is 18.2 Å². The molecule has 33 heavy (non-hydrogen) atoms. The maximum Gasteiger partial charge on any atom is 0.257 e. The van der Waals surface area contributed by atoms with Crippen molar-refractivity contribution >= 4 is 51.6 Å².